The van der Waals surface area contributed by atoms with Gasteiger partial charge in [-0.25, -0.2) is 0 Å². The molecular formula is C26H26N4O3S. The van der Waals surface area contributed by atoms with Crippen LogP contribution in [-0.4, -0.2) is 56.0 Å². The number of likely N-dealkylation sites (N-methyl/N-ethyl adjacent to an activating group) is 1. The Morgan fingerprint density at radius 1 is 1.00 bits per heavy atom. The molecule has 8 heteroatoms. The lowest BCUT2D eigenvalue weighted by Crippen LogP contribution is -2.52. The van der Waals surface area contributed by atoms with Gasteiger partial charge in [0.2, 0.25) is 0 Å². The van der Waals surface area contributed by atoms with Crippen LogP contribution in [0.15, 0.2) is 72.0 Å². The van der Waals surface area contributed by atoms with Crippen LogP contribution in [-0.2, 0) is 10.1 Å². The molecule has 6 rings (SSSR count). The molecule has 0 aliphatic carbocycles. The standard InChI is InChI=1S/C26H26N4O3S/c1-17-3-6-22(7-4-17)34(31,32)33-26-13-28-24-10-18(5-8-23(24)26)19-9-21(12-27-11-19)30-15-20-14-29(2)25(20)16-30/h3-13,20,25,28H,14-16H2,1-2H3/t20-,25-/m1/s1. The molecule has 0 bridgehead atoms. The summed E-state index contributed by atoms with van der Waals surface area (Å²) in [5.41, 5.74) is 4.96. The Labute approximate surface area is 199 Å². The van der Waals surface area contributed by atoms with Crippen molar-refractivity contribution in [1.82, 2.24) is 14.9 Å². The summed E-state index contributed by atoms with van der Waals surface area (Å²) in [7, 11) is -1.73. The number of aryl methyl sites for hydroxylation is 1. The topological polar surface area (TPSA) is 78.5 Å². The van der Waals surface area contributed by atoms with Crippen LogP contribution in [0.1, 0.15) is 5.56 Å². The molecular weight excluding hydrogens is 448 g/mol. The summed E-state index contributed by atoms with van der Waals surface area (Å²) in [6.45, 7) is 5.19. The molecule has 4 aromatic rings. The second-order valence-electron chi connectivity index (χ2n) is 9.37. The monoisotopic (exact) mass is 474 g/mol. The van der Waals surface area contributed by atoms with E-state index < -0.39 is 10.1 Å². The Kier molecular flexibility index (Phi) is 4.89. The number of aromatic nitrogens is 2. The van der Waals surface area contributed by atoms with Crippen molar-refractivity contribution in [2.75, 3.05) is 31.6 Å². The molecule has 4 heterocycles. The van der Waals surface area contributed by atoms with Crippen molar-refractivity contribution in [2.45, 2.75) is 17.9 Å². The lowest BCUT2D eigenvalue weighted by molar-refractivity contribution is 0.0827. The van der Waals surface area contributed by atoms with Gasteiger partial charge < -0.3 is 19.0 Å². The zero-order valence-electron chi connectivity index (χ0n) is 19.1. The highest BCUT2D eigenvalue weighted by atomic mass is 32.2. The van der Waals surface area contributed by atoms with Gasteiger partial charge in [-0.15, -0.1) is 0 Å². The zero-order valence-corrected chi connectivity index (χ0v) is 19.9. The van der Waals surface area contributed by atoms with Crippen molar-refractivity contribution in [3.05, 3.63) is 72.7 Å². The zero-order chi connectivity index (χ0) is 23.4. The van der Waals surface area contributed by atoms with Crippen molar-refractivity contribution in [3.8, 4) is 16.9 Å². The van der Waals surface area contributed by atoms with Crippen LogP contribution >= 0.6 is 0 Å². The third-order valence-corrected chi connectivity index (χ3v) is 8.32. The first-order valence-electron chi connectivity index (χ1n) is 11.4. The maximum atomic E-state index is 12.7. The number of benzene rings is 2. The Bertz CT molecular complexity index is 1480. The summed E-state index contributed by atoms with van der Waals surface area (Å²) in [5, 5.41) is 0.711. The van der Waals surface area contributed by atoms with Crippen LogP contribution in [0.4, 0.5) is 5.69 Å². The van der Waals surface area contributed by atoms with E-state index in [9.17, 15) is 8.42 Å². The molecule has 1 N–H and O–H groups in total. The summed E-state index contributed by atoms with van der Waals surface area (Å²) >= 11 is 0. The van der Waals surface area contributed by atoms with Crippen molar-refractivity contribution >= 4 is 26.7 Å². The second kappa shape index (κ2) is 7.85. The molecule has 2 aromatic heterocycles. The number of H-pyrrole nitrogens is 1. The van der Waals surface area contributed by atoms with E-state index in [0.29, 0.717) is 11.4 Å². The molecule has 2 fully saturated rings. The van der Waals surface area contributed by atoms with E-state index >= 15 is 0 Å². The van der Waals surface area contributed by atoms with E-state index in [0.717, 1.165) is 46.9 Å². The van der Waals surface area contributed by atoms with Gasteiger partial charge >= 0.3 is 10.1 Å². The normalized spacial score (nSPS) is 20.4. The number of hydrogen-bond acceptors (Lipinski definition) is 6. The third-order valence-electron chi connectivity index (χ3n) is 7.07. The van der Waals surface area contributed by atoms with Crippen molar-refractivity contribution in [3.63, 3.8) is 0 Å². The number of nitrogens with zero attached hydrogens (tertiary/aromatic N) is 3. The SMILES string of the molecule is Cc1ccc(S(=O)(=O)Oc2c[nH]c3cc(-c4cncc(N5C[C@H]6CN(C)[C@@H]6C5)c4)ccc23)cc1. The highest BCUT2D eigenvalue weighted by Gasteiger charge is 2.43. The molecule has 2 aliphatic rings. The first kappa shape index (κ1) is 21.2. The maximum Gasteiger partial charge on any atom is 0.339 e. The van der Waals surface area contributed by atoms with Gasteiger partial charge in [0.1, 0.15) is 4.90 Å². The fraction of sp³-hybridized carbons (Fsp3) is 0.269. The van der Waals surface area contributed by atoms with Gasteiger partial charge in [0.05, 0.1) is 11.9 Å². The number of pyridine rings is 1. The molecule has 2 saturated heterocycles. The number of nitrogens with one attached hydrogen (secondary N) is 1. The van der Waals surface area contributed by atoms with Crippen LogP contribution in [0.3, 0.4) is 0 Å². The minimum atomic E-state index is -3.92. The van der Waals surface area contributed by atoms with Gasteiger partial charge in [-0.05, 0) is 49.9 Å². The van der Waals surface area contributed by atoms with Crippen LogP contribution in [0.5, 0.6) is 5.75 Å². The lowest BCUT2D eigenvalue weighted by Gasteiger charge is -2.40. The Morgan fingerprint density at radius 3 is 2.59 bits per heavy atom. The molecule has 0 saturated carbocycles. The average Bonchev–Trinajstić information content (AvgIpc) is 3.39. The number of rotatable bonds is 5. The summed E-state index contributed by atoms with van der Waals surface area (Å²) in [6, 6.07) is 15.3. The summed E-state index contributed by atoms with van der Waals surface area (Å²) < 4.78 is 30.9. The van der Waals surface area contributed by atoms with E-state index in [1.54, 1.807) is 30.5 Å². The van der Waals surface area contributed by atoms with Gasteiger partial charge in [0.15, 0.2) is 5.75 Å². The number of hydrogen-bond donors (Lipinski definition) is 1. The van der Waals surface area contributed by atoms with E-state index in [4.69, 9.17) is 4.18 Å². The largest absolute Gasteiger partial charge is 0.377 e. The van der Waals surface area contributed by atoms with Crippen LogP contribution < -0.4 is 9.08 Å². The molecule has 0 radical (unpaired) electrons. The molecule has 174 valence electrons. The quantitative estimate of drug-likeness (QED) is 0.440. The van der Waals surface area contributed by atoms with Crippen LogP contribution in [0, 0.1) is 12.8 Å². The first-order chi connectivity index (χ1) is 16.4. The fourth-order valence-electron chi connectivity index (χ4n) is 5.09. The van der Waals surface area contributed by atoms with Crippen molar-refractivity contribution < 1.29 is 12.6 Å². The van der Waals surface area contributed by atoms with Gasteiger partial charge in [-0.3, -0.25) is 4.98 Å². The summed E-state index contributed by atoms with van der Waals surface area (Å²) in [5.74, 6) is 1.03. The summed E-state index contributed by atoms with van der Waals surface area (Å²) in [4.78, 5) is 12.6. The predicted molar refractivity (Wildman–Crippen MR) is 133 cm³/mol. The van der Waals surface area contributed by atoms with Gasteiger partial charge in [-0.1, -0.05) is 23.8 Å². The minimum Gasteiger partial charge on any atom is -0.377 e. The third kappa shape index (κ3) is 3.63. The van der Waals surface area contributed by atoms with Crippen molar-refractivity contribution in [1.29, 1.82) is 0 Å². The van der Waals surface area contributed by atoms with Crippen LogP contribution in [0.2, 0.25) is 0 Å². The van der Waals surface area contributed by atoms with Crippen molar-refractivity contribution in [2.24, 2.45) is 5.92 Å². The molecule has 34 heavy (non-hydrogen) atoms. The molecule has 0 amide bonds. The Hall–Kier alpha value is -3.36. The number of likely N-dealkylation sites (tertiary alicyclic amines) is 1. The molecule has 2 atom stereocenters. The molecule has 0 spiro atoms. The Morgan fingerprint density at radius 2 is 1.82 bits per heavy atom. The lowest BCUT2D eigenvalue weighted by atomic mass is 9.93. The van der Waals surface area contributed by atoms with E-state index in [1.807, 2.05) is 37.5 Å². The van der Waals surface area contributed by atoms with E-state index in [-0.39, 0.29) is 10.6 Å². The fourth-order valence-corrected chi connectivity index (χ4v) is 6.03. The highest BCUT2D eigenvalue weighted by Crippen LogP contribution is 2.36. The maximum absolute atomic E-state index is 12.7. The van der Waals surface area contributed by atoms with Gasteiger partial charge in [0.25, 0.3) is 0 Å². The highest BCUT2D eigenvalue weighted by molar-refractivity contribution is 7.87. The second-order valence-corrected chi connectivity index (χ2v) is 10.9. The van der Waals surface area contributed by atoms with E-state index in [1.165, 1.54) is 6.54 Å². The van der Waals surface area contributed by atoms with Crippen LogP contribution in [0.25, 0.3) is 22.0 Å². The number of anilines is 1. The predicted octanol–water partition coefficient (Wildman–Crippen LogP) is 4.06. The summed E-state index contributed by atoms with van der Waals surface area (Å²) in [6.07, 6.45) is 5.39. The molecule has 7 nitrogen and oxygen atoms in total. The average molecular weight is 475 g/mol. The van der Waals surface area contributed by atoms with E-state index in [2.05, 4.69) is 32.9 Å². The minimum absolute atomic E-state index is 0.133. The number of fused-ring (bicyclic) bond motifs is 2. The first-order valence-corrected chi connectivity index (χ1v) is 12.8. The Balaban J connectivity index is 1.26. The smallest absolute Gasteiger partial charge is 0.339 e. The molecule has 2 aliphatic heterocycles. The van der Waals surface area contributed by atoms with Gasteiger partial charge in [-0.2, -0.15) is 8.42 Å². The molecule has 0 unspecified atom stereocenters. The van der Waals surface area contributed by atoms with Gasteiger partial charge in [0, 0.05) is 60.5 Å². The number of aromatic amines is 1. The molecule has 2 aromatic carbocycles.